The minimum Gasteiger partial charge on any atom is -0.296 e. The van der Waals surface area contributed by atoms with Crippen LogP contribution >= 0.6 is 0 Å². The lowest BCUT2D eigenvalue weighted by Crippen LogP contribution is -2.29. The molecule has 0 heterocycles. The van der Waals surface area contributed by atoms with Crippen molar-refractivity contribution in [2.24, 2.45) is 10.8 Å². The summed E-state index contributed by atoms with van der Waals surface area (Å²) in [4.78, 5) is 11.4. The fourth-order valence-corrected chi connectivity index (χ4v) is 1.21. The molecular weight excluding hydrogens is 124 g/mol. The Morgan fingerprint density at radius 1 is 1.00 bits per heavy atom. The van der Waals surface area contributed by atoms with Gasteiger partial charge in [-0.1, -0.05) is 11.8 Å². The van der Waals surface area contributed by atoms with Crippen LogP contribution in [-0.2, 0) is 4.79 Å². The van der Waals surface area contributed by atoms with Gasteiger partial charge in [-0.3, -0.25) is 4.79 Å². The van der Waals surface area contributed by atoms with E-state index in [2.05, 4.69) is 11.8 Å². The first kappa shape index (κ1) is 7.34. The Balaban J connectivity index is 3.04. The molecule has 0 fully saturated rings. The van der Waals surface area contributed by atoms with Gasteiger partial charge < -0.3 is 0 Å². The van der Waals surface area contributed by atoms with Crippen molar-refractivity contribution in [1.29, 1.82) is 0 Å². The molecule has 0 aromatic heterocycles. The largest absolute Gasteiger partial charge is 0.296 e. The Morgan fingerprint density at radius 2 is 1.30 bits per heavy atom. The summed E-state index contributed by atoms with van der Waals surface area (Å²) in [5.41, 5.74) is -0.826. The van der Waals surface area contributed by atoms with E-state index in [0.29, 0.717) is 0 Å². The molecule has 1 heteroatoms. The van der Waals surface area contributed by atoms with Gasteiger partial charge in [0, 0.05) is 0 Å². The number of Topliss-reactive ketones (excluding diaryl/α,β-unsaturated/α-hetero) is 1. The van der Waals surface area contributed by atoms with Gasteiger partial charge in [0.05, 0.1) is 10.8 Å². The van der Waals surface area contributed by atoms with Crippen molar-refractivity contribution in [2.45, 2.75) is 27.7 Å². The van der Waals surface area contributed by atoms with E-state index in [1.54, 1.807) is 0 Å². The Hall–Kier alpha value is -0.770. The molecule has 0 atom stereocenters. The van der Waals surface area contributed by atoms with Crippen LogP contribution < -0.4 is 0 Å². The quantitative estimate of drug-likeness (QED) is 0.462. The summed E-state index contributed by atoms with van der Waals surface area (Å²) in [5.74, 6) is 6.08. The molecular formula is C9H12O. The van der Waals surface area contributed by atoms with Crippen LogP contribution in [0.5, 0.6) is 0 Å². The Bertz CT molecular complexity index is 213. The summed E-state index contributed by atoms with van der Waals surface area (Å²) < 4.78 is 0. The number of rotatable bonds is 0. The van der Waals surface area contributed by atoms with Gasteiger partial charge in [0.25, 0.3) is 0 Å². The average Bonchev–Trinajstić information content (AvgIpc) is 1.95. The first-order valence-corrected chi connectivity index (χ1v) is 3.45. The molecule has 0 radical (unpaired) electrons. The highest BCUT2D eigenvalue weighted by atomic mass is 16.1. The van der Waals surface area contributed by atoms with E-state index >= 15 is 0 Å². The zero-order chi connectivity index (χ0) is 7.99. The third-order valence-electron chi connectivity index (χ3n) is 1.82. The maximum Gasteiger partial charge on any atom is 0.167 e. The second kappa shape index (κ2) is 1.63. The van der Waals surface area contributed by atoms with Gasteiger partial charge in [-0.25, -0.2) is 0 Å². The molecule has 0 aliphatic heterocycles. The van der Waals surface area contributed by atoms with Gasteiger partial charge in [0.2, 0.25) is 0 Å². The second-order valence-corrected chi connectivity index (χ2v) is 3.83. The third kappa shape index (κ3) is 0.844. The van der Waals surface area contributed by atoms with Crippen LogP contribution in [0.15, 0.2) is 0 Å². The number of carbonyl (C=O) groups is 1. The Labute approximate surface area is 61.8 Å². The predicted molar refractivity (Wildman–Crippen MR) is 40.3 cm³/mol. The normalized spacial score (nSPS) is 25.8. The molecule has 54 valence electrons. The van der Waals surface area contributed by atoms with Gasteiger partial charge >= 0.3 is 0 Å². The van der Waals surface area contributed by atoms with Crippen molar-refractivity contribution >= 4 is 5.78 Å². The van der Waals surface area contributed by atoms with E-state index in [0.717, 1.165) is 0 Å². The maximum atomic E-state index is 11.4. The highest BCUT2D eigenvalue weighted by molar-refractivity contribution is 5.97. The smallest absolute Gasteiger partial charge is 0.167 e. The molecule has 0 saturated heterocycles. The van der Waals surface area contributed by atoms with Crippen molar-refractivity contribution in [1.82, 2.24) is 0 Å². The van der Waals surface area contributed by atoms with Crippen LogP contribution in [0.1, 0.15) is 27.7 Å². The zero-order valence-electron chi connectivity index (χ0n) is 6.91. The van der Waals surface area contributed by atoms with Crippen molar-refractivity contribution in [2.75, 3.05) is 0 Å². The molecule has 0 spiro atoms. The van der Waals surface area contributed by atoms with E-state index in [9.17, 15) is 4.79 Å². The van der Waals surface area contributed by atoms with Crippen molar-refractivity contribution in [3.63, 3.8) is 0 Å². The third-order valence-corrected chi connectivity index (χ3v) is 1.82. The van der Waals surface area contributed by atoms with Crippen LogP contribution in [0.4, 0.5) is 0 Å². The molecule has 1 aliphatic rings. The lowest BCUT2D eigenvalue weighted by molar-refractivity contribution is -0.129. The van der Waals surface area contributed by atoms with Crippen LogP contribution in [0.2, 0.25) is 0 Å². The summed E-state index contributed by atoms with van der Waals surface area (Å²) in [6.45, 7) is 7.49. The van der Waals surface area contributed by atoms with E-state index in [1.165, 1.54) is 0 Å². The topological polar surface area (TPSA) is 17.1 Å². The number of hydrogen-bond acceptors (Lipinski definition) is 1. The number of hydrogen-bond donors (Lipinski definition) is 0. The molecule has 0 N–H and O–H groups in total. The van der Waals surface area contributed by atoms with Gasteiger partial charge in [0.1, 0.15) is 0 Å². The first-order chi connectivity index (χ1) is 4.36. The van der Waals surface area contributed by atoms with E-state index in [-0.39, 0.29) is 5.78 Å². The van der Waals surface area contributed by atoms with Crippen molar-refractivity contribution in [3.8, 4) is 11.8 Å². The maximum absolute atomic E-state index is 11.4. The Morgan fingerprint density at radius 3 is 1.40 bits per heavy atom. The van der Waals surface area contributed by atoms with Crippen molar-refractivity contribution < 1.29 is 4.79 Å². The summed E-state index contributed by atoms with van der Waals surface area (Å²) in [7, 11) is 0. The molecule has 10 heavy (non-hydrogen) atoms. The zero-order valence-corrected chi connectivity index (χ0v) is 6.91. The van der Waals surface area contributed by atoms with Gasteiger partial charge in [-0.15, -0.1) is 0 Å². The summed E-state index contributed by atoms with van der Waals surface area (Å²) in [5, 5.41) is 0. The van der Waals surface area contributed by atoms with Crippen LogP contribution in [0.3, 0.4) is 0 Å². The molecule has 0 amide bonds. The monoisotopic (exact) mass is 136 g/mol. The SMILES string of the molecule is CC1(C)C#CC(C)(C)C1=O. The molecule has 0 unspecified atom stereocenters. The minimum atomic E-state index is -0.413. The standard InChI is InChI=1S/C9H12O/c1-8(2)5-6-9(3,4)7(8)10/h1-4H3. The van der Waals surface area contributed by atoms with Gasteiger partial charge in [-0.05, 0) is 27.7 Å². The fraction of sp³-hybridized carbons (Fsp3) is 0.667. The average molecular weight is 136 g/mol. The lowest BCUT2D eigenvalue weighted by Gasteiger charge is -2.18. The van der Waals surface area contributed by atoms with Crippen molar-refractivity contribution in [3.05, 3.63) is 0 Å². The van der Waals surface area contributed by atoms with Gasteiger partial charge in [-0.2, -0.15) is 0 Å². The van der Waals surface area contributed by atoms with Crippen LogP contribution in [0, 0.1) is 22.7 Å². The minimum absolute atomic E-state index is 0.208. The highest BCUT2D eigenvalue weighted by Gasteiger charge is 2.41. The lowest BCUT2D eigenvalue weighted by atomic mass is 9.81. The summed E-state index contributed by atoms with van der Waals surface area (Å²) in [6, 6.07) is 0. The van der Waals surface area contributed by atoms with E-state index in [1.807, 2.05) is 27.7 Å². The molecule has 0 bridgehead atoms. The second-order valence-electron chi connectivity index (χ2n) is 3.83. The Kier molecular flexibility index (Phi) is 1.20. The van der Waals surface area contributed by atoms with Crippen LogP contribution in [0.25, 0.3) is 0 Å². The molecule has 0 saturated carbocycles. The van der Waals surface area contributed by atoms with Gasteiger partial charge in [0.15, 0.2) is 5.78 Å². The molecule has 1 nitrogen and oxygen atoms in total. The van der Waals surface area contributed by atoms with Crippen LogP contribution in [-0.4, -0.2) is 5.78 Å². The van der Waals surface area contributed by atoms with E-state index < -0.39 is 10.8 Å². The summed E-state index contributed by atoms with van der Waals surface area (Å²) in [6.07, 6.45) is 0. The fourth-order valence-electron chi connectivity index (χ4n) is 1.21. The van der Waals surface area contributed by atoms with E-state index in [4.69, 9.17) is 0 Å². The number of ketones is 1. The highest BCUT2D eigenvalue weighted by Crippen LogP contribution is 2.33. The molecule has 0 aromatic rings. The predicted octanol–water partition coefficient (Wildman–Crippen LogP) is 1.62. The summed E-state index contributed by atoms with van der Waals surface area (Å²) >= 11 is 0. The molecule has 1 aliphatic carbocycles. The number of carbonyl (C=O) groups excluding carboxylic acids is 1. The first-order valence-electron chi connectivity index (χ1n) is 3.45. The molecule has 0 aromatic carbocycles. The molecule has 1 rings (SSSR count).